The lowest BCUT2D eigenvalue weighted by Gasteiger charge is -2.33. The quantitative estimate of drug-likeness (QED) is 0.584. The fourth-order valence-corrected chi connectivity index (χ4v) is 3.25. The first kappa shape index (κ1) is 19.1. The maximum absolute atomic E-state index is 12.2. The third kappa shape index (κ3) is 6.37. The largest absolute Gasteiger partial charge is 0.379 e. The van der Waals surface area contributed by atoms with E-state index in [9.17, 15) is 9.59 Å². The lowest BCUT2D eigenvalue weighted by atomic mass is 9.97. The number of nitrogens with one attached hydrogen (secondary N) is 2. The summed E-state index contributed by atoms with van der Waals surface area (Å²) in [5.41, 5.74) is 0. The van der Waals surface area contributed by atoms with Crippen molar-refractivity contribution in [3.05, 3.63) is 0 Å². The maximum Gasteiger partial charge on any atom is 0.248 e. The summed E-state index contributed by atoms with van der Waals surface area (Å²) in [6, 6.07) is -0.0370. The van der Waals surface area contributed by atoms with Crippen molar-refractivity contribution >= 4 is 11.8 Å². The van der Waals surface area contributed by atoms with Crippen molar-refractivity contribution in [2.45, 2.75) is 38.6 Å². The van der Waals surface area contributed by atoms with Gasteiger partial charge in [-0.3, -0.25) is 9.59 Å². The molecule has 7 heteroatoms. The summed E-state index contributed by atoms with van der Waals surface area (Å²) in [6.45, 7) is 6.72. The molecule has 0 bridgehead atoms. The van der Waals surface area contributed by atoms with Crippen LogP contribution in [0.4, 0.5) is 0 Å². The van der Waals surface area contributed by atoms with Crippen molar-refractivity contribution in [1.29, 1.82) is 0 Å². The van der Waals surface area contributed by atoms with Gasteiger partial charge in [0, 0.05) is 26.2 Å². The Morgan fingerprint density at radius 1 is 1.21 bits per heavy atom. The highest BCUT2D eigenvalue weighted by atomic mass is 16.5. The number of amides is 2. The first-order chi connectivity index (χ1) is 11.7. The average molecular weight is 341 g/mol. The van der Waals surface area contributed by atoms with Crippen molar-refractivity contribution < 1.29 is 19.1 Å². The number of hydrogen-bond acceptors (Lipinski definition) is 5. The topological polar surface area (TPSA) is 79.9 Å². The second kappa shape index (κ2) is 10.6. The van der Waals surface area contributed by atoms with Gasteiger partial charge in [-0.1, -0.05) is 0 Å². The Morgan fingerprint density at radius 3 is 2.79 bits per heavy atom. The Bertz CT molecular complexity index is 399. The van der Waals surface area contributed by atoms with Gasteiger partial charge >= 0.3 is 0 Å². The summed E-state index contributed by atoms with van der Waals surface area (Å²) >= 11 is 0. The van der Waals surface area contributed by atoms with E-state index in [2.05, 4.69) is 10.6 Å². The highest BCUT2D eigenvalue weighted by molar-refractivity contribution is 5.82. The number of likely N-dealkylation sites (tertiary alicyclic amines) is 1. The van der Waals surface area contributed by atoms with Gasteiger partial charge in [0.25, 0.3) is 0 Å². The van der Waals surface area contributed by atoms with E-state index in [1.54, 1.807) is 0 Å². The first-order valence-electron chi connectivity index (χ1n) is 9.15. The van der Waals surface area contributed by atoms with E-state index in [4.69, 9.17) is 9.47 Å². The van der Waals surface area contributed by atoms with Gasteiger partial charge in [-0.15, -0.1) is 0 Å². The van der Waals surface area contributed by atoms with Gasteiger partial charge in [0.2, 0.25) is 11.8 Å². The fraction of sp³-hybridized carbons (Fsp3) is 0.882. The highest BCUT2D eigenvalue weighted by Crippen LogP contribution is 2.16. The molecule has 0 aliphatic carbocycles. The highest BCUT2D eigenvalue weighted by Gasteiger charge is 2.26. The van der Waals surface area contributed by atoms with Crippen LogP contribution in [0.1, 0.15) is 32.6 Å². The molecule has 2 unspecified atom stereocenters. The van der Waals surface area contributed by atoms with Crippen molar-refractivity contribution in [1.82, 2.24) is 15.5 Å². The second-order valence-corrected chi connectivity index (χ2v) is 6.49. The van der Waals surface area contributed by atoms with E-state index in [-0.39, 0.29) is 24.5 Å². The molecule has 0 aromatic rings. The summed E-state index contributed by atoms with van der Waals surface area (Å²) in [7, 11) is 0. The molecule has 2 atom stereocenters. The lowest BCUT2D eigenvalue weighted by Crippen LogP contribution is -2.47. The van der Waals surface area contributed by atoms with Crippen molar-refractivity contribution in [2.24, 2.45) is 5.92 Å². The fourth-order valence-electron chi connectivity index (χ4n) is 3.25. The van der Waals surface area contributed by atoms with Gasteiger partial charge in [0.05, 0.1) is 19.3 Å². The molecule has 2 aliphatic heterocycles. The average Bonchev–Trinajstić information content (AvgIpc) is 3.14. The maximum atomic E-state index is 12.2. The van der Waals surface area contributed by atoms with E-state index >= 15 is 0 Å². The predicted molar refractivity (Wildman–Crippen MR) is 90.7 cm³/mol. The smallest absolute Gasteiger partial charge is 0.248 e. The summed E-state index contributed by atoms with van der Waals surface area (Å²) in [4.78, 5) is 26.1. The number of ether oxygens (including phenoxy) is 2. The van der Waals surface area contributed by atoms with Crippen LogP contribution in [-0.4, -0.2) is 75.4 Å². The molecule has 0 aromatic heterocycles. The number of carbonyl (C=O) groups is 2. The van der Waals surface area contributed by atoms with Crippen LogP contribution in [0.5, 0.6) is 0 Å². The minimum absolute atomic E-state index is 0.0278. The van der Waals surface area contributed by atoms with Crippen LogP contribution in [0.25, 0.3) is 0 Å². The van der Waals surface area contributed by atoms with E-state index < -0.39 is 0 Å². The molecular formula is C17H31N3O4. The third-order valence-corrected chi connectivity index (χ3v) is 4.62. The lowest BCUT2D eigenvalue weighted by molar-refractivity contribution is -0.138. The summed E-state index contributed by atoms with van der Waals surface area (Å²) in [5.74, 6) is 0.451. The Kier molecular flexibility index (Phi) is 8.49. The zero-order valence-corrected chi connectivity index (χ0v) is 14.7. The molecule has 2 amide bonds. The van der Waals surface area contributed by atoms with Crippen molar-refractivity contribution in [2.75, 3.05) is 52.6 Å². The second-order valence-electron chi connectivity index (χ2n) is 6.49. The molecule has 0 aromatic carbocycles. The van der Waals surface area contributed by atoms with E-state index in [0.29, 0.717) is 38.8 Å². The van der Waals surface area contributed by atoms with Gasteiger partial charge in [-0.05, 0) is 45.1 Å². The zero-order valence-electron chi connectivity index (χ0n) is 14.7. The number of rotatable bonds is 9. The molecule has 0 radical (unpaired) electrons. The van der Waals surface area contributed by atoms with Crippen LogP contribution in [-0.2, 0) is 19.1 Å². The minimum Gasteiger partial charge on any atom is -0.379 e. The van der Waals surface area contributed by atoms with Crippen molar-refractivity contribution in [3.63, 3.8) is 0 Å². The van der Waals surface area contributed by atoms with Crippen LogP contribution >= 0.6 is 0 Å². The molecule has 0 saturated carbocycles. The van der Waals surface area contributed by atoms with Gasteiger partial charge in [0.15, 0.2) is 0 Å². The van der Waals surface area contributed by atoms with Gasteiger partial charge in [0.1, 0.15) is 6.61 Å². The Hall–Kier alpha value is -1.18. The standard InChI is InChI=1S/C17H31N3O4/c1-2-23-9-10-24-13-16(21)20-8-4-5-14(12-20)11-19-17(22)15-6-3-7-18-15/h14-15,18H,2-13H2,1H3,(H,19,22). The number of hydrogen-bond donors (Lipinski definition) is 2. The zero-order chi connectivity index (χ0) is 17.2. The van der Waals surface area contributed by atoms with Gasteiger partial charge in [-0.25, -0.2) is 0 Å². The molecule has 2 heterocycles. The third-order valence-electron chi connectivity index (χ3n) is 4.62. The SMILES string of the molecule is CCOCCOCC(=O)N1CCCC(CNC(=O)C2CCCN2)C1. The monoisotopic (exact) mass is 341 g/mol. The van der Waals surface area contributed by atoms with Gasteiger partial charge in [-0.2, -0.15) is 0 Å². The molecule has 138 valence electrons. The summed E-state index contributed by atoms with van der Waals surface area (Å²) < 4.78 is 10.5. The first-order valence-corrected chi connectivity index (χ1v) is 9.15. The Balaban J connectivity index is 1.63. The number of nitrogens with zero attached hydrogens (tertiary/aromatic N) is 1. The normalized spacial score (nSPS) is 24.1. The molecule has 2 N–H and O–H groups in total. The molecule has 2 aliphatic rings. The summed E-state index contributed by atoms with van der Waals surface area (Å²) in [5, 5.41) is 6.24. The number of carbonyl (C=O) groups excluding carboxylic acids is 2. The van der Waals surface area contributed by atoms with Crippen LogP contribution in [0, 0.1) is 5.92 Å². The molecule has 2 saturated heterocycles. The molecule has 2 fully saturated rings. The Labute approximate surface area is 144 Å². The minimum atomic E-state index is -0.0370. The van der Waals surface area contributed by atoms with Crippen LogP contribution in [0.15, 0.2) is 0 Å². The van der Waals surface area contributed by atoms with E-state index in [1.165, 1.54) is 0 Å². The molecule has 24 heavy (non-hydrogen) atoms. The van der Waals surface area contributed by atoms with Crippen molar-refractivity contribution in [3.8, 4) is 0 Å². The van der Waals surface area contributed by atoms with Gasteiger partial charge < -0.3 is 25.0 Å². The van der Waals surface area contributed by atoms with Crippen LogP contribution < -0.4 is 10.6 Å². The molecule has 0 spiro atoms. The van der Waals surface area contributed by atoms with E-state index in [1.807, 2.05) is 11.8 Å². The number of piperidine rings is 1. The predicted octanol–water partition coefficient (Wildman–Crippen LogP) is 0.146. The van der Waals surface area contributed by atoms with Crippen LogP contribution in [0.3, 0.4) is 0 Å². The summed E-state index contributed by atoms with van der Waals surface area (Å²) in [6.07, 6.45) is 4.01. The Morgan fingerprint density at radius 2 is 2.04 bits per heavy atom. The van der Waals surface area contributed by atoms with Crippen LogP contribution in [0.2, 0.25) is 0 Å². The molecule has 2 rings (SSSR count). The van der Waals surface area contributed by atoms with E-state index in [0.717, 1.165) is 38.8 Å². The molecular weight excluding hydrogens is 310 g/mol. The molecule has 7 nitrogen and oxygen atoms in total.